The van der Waals surface area contributed by atoms with Crippen molar-refractivity contribution in [2.24, 2.45) is 5.92 Å². The lowest BCUT2D eigenvalue weighted by Gasteiger charge is -2.22. The van der Waals surface area contributed by atoms with Crippen LogP contribution in [-0.2, 0) is 5.60 Å². The molecule has 0 aromatic carbocycles. The van der Waals surface area contributed by atoms with Crippen molar-refractivity contribution >= 4 is 16.5 Å². The maximum Gasteiger partial charge on any atom is 0.180 e. The van der Waals surface area contributed by atoms with E-state index in [9.17, 15) is 5.11 Å². The number of rotatable bonds is 5. The van der Waals surface area contributed by atoms with Crippen LogP contribution >= 0.6 is 11.3 Å². The average molecular weight is 229 g/mol. The normalized spacial score (nSPS) is 15.5. The highest BCUT2D eigenvalue weighted by atomic mass is 32.1. The van der Waals surface area contributed by atoms with Crippen molar-refractivity contribution in [1.82, 2.24) is 10.3 Å². The highest BCUT2D eigenvalue weighted by Gasteiger charge is 2.25. The zero-order valence-corrected chi connectivity index (χ0v) is 10.3. The molecule has 1 heterocycles. The van der Waals surface area contributed by atoms with E-state index in [-0.39, 0.29) is 0 Å². The number of hydrogen-bond donors (Lipinski definition) is 3. The van der Waals surface area contributed by atoms with Gasteiger partial charge in [-0.05, 0) is 19.4 Å². The minimum absolute atomic E-state index is 0.495. The van der Waals surface area contributed by atoms with Gasteiger partial charge in [0.05, 0.1) is 4.88 Å². The summed E-state index contributed by atoms with van der Waals surface area (Å²) in [6.45, 7) is 7.45. The Hall–Kier alpha value is -0.650. The van der Waals surface area contributed by atoms with Crippen LogP contribution in [0.2, 0.25) is 0 Å². The van der Waals surface area contributed by atoms with E-state index in [0.29, 0.717) is 17.6 Å². The zero-order valence-electron chi connectivity index (χ0n) is 9.45. The van der Waals surface area contributed by atoms with Crippen molar-refractivity contribution in [2.45, 2.75) is 26.4 Å². The molecule has 4 N–H and O–H groups in total. The first-order valence-electron chi connectivity index (χ1n) is 5.06. The van der Waals surface area contributed by atoms with Crippen LogP contribution < -0.4 is 11.1 Å². The highest BCUT2D eigenvalue weighted by molar-refractivity contribution is 7.15. The molecule has 0 saturated carbocycles. The Morgan fingerprint density at radius 3 is 2.80 bits per heavy atom. The van der Waals surface area contributed by atoms with Gasteiger partial charge in [-0.25, -0.2) is 4.98 Å². The lowest BCUT2D eigenvalue weighted by Crippen LogP contribution is -2.36. The summed E-state index contributed by atoms with van der Waals surface area (Å²) in [6.07, 6.45) is 1.64. The molecule has 1 aromatic rings. The average Bonchev–Trinajstić information content (AvgIpc) is 2.51. The molecule has 0 aliphatic heterocycles. The van der Waals surface area contributed by atoms with E-state index in [1.165, 1.54) is 11.3 Å². The molecule has 86 valence electrons. The number of hydrogen-bond acceptors (Lipinski definition) is 5. The van der Waals surface area contributed by atoms with E-state index in [1.807, 2.05) is 0 Å². The van der Waals surface area contributed by atoms with Crippen molar-refractivity contribution in [1.29, 1.82) is 0 Å². The minimum Gasteiger partial charge on any atom is -0.383 e. The summed E-state index contributed by atoms with van der Waals surface area (Å²) in [5.74, 6) is 0.576. The third-order valence-electron chi connectivity index (χ3n) is 2.08. The van der Waals surface area contributed by atoms with Crippen LogP contribution in [0.5, 0.6) is 0 Å². The van der Waals surface area contributed by atoms with Gasteiger partial charge in [0.25, 0.3) is 0 Å². The quantitative estimate of drug-likeness (QED) is 0.709. The van der Waals surface area contributed by atoms with E-state index in [4.69, 9.17) is 5.73 Å². The Bertz CT molecular complexity index is 309. The Labute approximate surface area is 94.5 Å². The molecule has 5 heteroatoms. The van der Waals surface area contributed by atoms with E-state index in [1.54, 1.807) is 13.1 Å². The van der Waals surface area contributed by atoms with Gasteiger partial charge in [0.2, 0.25) is 0 Å². The lowest BCUT2D eigenvalue weighted by atomic mass is 10.1. The van der Waals surface area contributed by atoms with Gasteiger partial charge in [0.1, 0.15) is 5.60 Å². The van der Waals surface area contributed by atoms with Gasteiger partial charge in [0.15, 0.2) is 5.13 Å². The molecule has 0 amide bonds. The molecule has 0 saturated heterocycles. The maximum atomic E-state index is 10.2. The van der Waals surface area contributed by atoms with Gasteiger partial charge in [-0.1, -0.05) is 25.2 Å². The topological polar surface area (TPSA) is 71.2 Å². The maximum absolute atomic E-state index is 10.2. The summed E-state index contributed by atoms with van der Waals surface area (Å²) < 4.78 is 0. The summed E-state index contributed by atoms with van der Waals surface area (Å²) in [4.78, 5) is 4.74. The Morgan fingerprint density at radius 1 is 1.67 bits per heavy atom. The van der Waals surface area contributed by atoms with Crippen LogP contribution in [0.1, 0.15) is 25.6 Å². The highest BCUT2D eigenvalue weighted by Crippen LogP contribution is 2.26. The van der Waals surface area contributed by atoms with Crippen LogP contribution in [0.4, 0.5) is 5.13 Å². The molecule has 0 radical (unpaired) electrons. The number of anilines is 1. The molecule has 1 unspecified atom stereocenters. The Balaban J connectivity index is 2.51. The summed E-state index contributed by atoms with van der Waals surface area (Å²) in [7, 11) is 0. The first-order chi connectivity index (χ1) is 6.92. The van der Waals surface area contributed by atoms with Gasteiger partial charge in [-0.3, -0.25) is 0 Å². The van der Waals surface area contributed by atoms with Gasteiger partial charge in [-0.2, -0.15) is 0 Å². The van der Waals surface area contributed by atoms with E-state index in [0.717, 1.165) is 11.4 Å². The molecule has 0 aliphatic carbocycles. The lowest BCUT2D eigenvalue weighted by molar-refractivity contribution is 0.0600. The standard InChI is InChI=1S/C10H19N3OS/c1-7(2)4-12-6-10(3,14)8-5-13-9(11)15-8/h5,7,12,14H,4,6H2,1-3H3,(H2,11,13). The number of aromatic nitrogens is 1. The summed E-state index contributed by atoms with van der Waals surface area (Å²) in [5.41, 5.74) is 4.64. The molecule has 15 heavy (non-hydrogen) atoms. The Morgan fingerprint density at radius 2 is 2.33 bits per heavy atom. The molecule has 0 bridgehead atoms. The van der Waals surface area contributed by atoms with E-state index in [2.05, 4.69) is 24.1 Å². The molecule has 0 spiro atoms. The zero-order chi connectivity index (χ0) is 11.5. The van der Waals surface area contributed by atoms with Gasteiger partial charge >= 0.3 is 0 Å². The van der Waals surface area contributed by atoms with Crippen molar-refractivity contribution in [3.63, 3.8) is 0 Å². The molecule has 0 aliphatic rings. The molecule has 0 fully saturated rings. The molecular weight excluding hydrogens is 210 g/mol. The largest absolute Gasteiger partial charge is 0.383 e. The number of nitrogens with two attached hydrogens (primary N) is 1. The van der Waals surface area contributed by atoms with Crippen molar-refractivity contribution in [3.05, 3.63) is 11.1 Å². The second-order valence-electron chi connectivity index (χ2n) is 4.36. The number of nitrogens with zero attached hydrogens (tertiary/aromatic N) is 1. The third-order valence-corrected chi connectivity index (χ3v) is 3.16. The van der Waals surface area contributed by atoms with E-state index < -0.39 is 5.60 Å². The third kappa shape index (κ3) is 3.77. The number of thiazole rings is 1. The van der Waals surface area contributed by atoms with Crippen LogP contribution in [0.15, 0.2) is 6.20 Å². The van der Waals surface area contributed by atoms with Crippen molar-refractivity contribution in [2.75, 3.05) is 18.8 Å². The summed E-state index contributed by atoms with van der Waals surface area (Å²) >= 11 is 1.33. The van der Waals surface area contributed by atoms with Crippen molar-refractivity contribution in [3.8, 4) is 0 Å². The summed E-state index contributed by atoms with van der Waals surface area (Å²) in [6, 6.07) is 0. The molecular formula is C10H19N3OS. The van der Waals surface area contributed by atoms with Crippen LogP contribution in [-0.4, -0.2) is 23.2 Å². The Kier molecular flexibility index (Phi) is 4.07. The van der Waals surface area contributed by atoms with Crippen LogP contribution in [0.25, 0.3) is 0 Å². The first-order valence-corrected chi connectivity index (χ1v) is 5.88. The fraction of sp³-hybridized carbons (Fsp3) is 0.700. The second-order valence-corrected chi connectivity index (χ2v) is 5.42. The fourth-order valence-corrected chi connectivity index (χ4v) is 1.96. The predicted molar refractivity (Wildman–Crippen MR) is 63.8 cm³/mol. The smallest absolute Gasteiger partial charge is 0.180 e. The van der Waals surface area contributed by atoms with E-state index >= 15 is 0 Å². The number of aliphatic hydroxyl groups is 1. The van der Waals surface area contributed by atoms with Gasteiger partial charge < -0.3 is 16.2 Å². The first kappa shape index (κ1) is 12.4. The number of nitrogen functional groups attached to an aromatic ring is 1. The van der Waals surface area contributed by atoms with Gasteiger partial charge in [0, 0.05) is 12.7 Å². The molecule has 1 aromatic heterocycles. The fourth-order valence-electron chi connectivity index (χ4n) is 1.23. The second kappa shape index (κ2) is 4.92. The SMILES string of the molecule is CC(C)CNCC(C)(O)c1cnc(N)s1. The number of nitrogens with one attached hydrogen (secondary N) is 1. The summed E-state index contributed by atoms with van der Waals surface area (Å²) in [5, 5.41) is 13.9. The van der Waals surface area contributed by atoms with Crippen LogP contribution in [0.3, 0.4) is 0 Å². The predicted octanol–water partition coefficient (Wildman–Crippen LogP) is 1.18. The van der Waals surface area contributed by atoms with Crippen molar-refractivity contribution < 1.29 is 5.11 Å². The minimum atomic E-state index is -0.885. The monoisotopic (exact) mass is 229 g/mol. The molecule has 1 atom stereocenters. The van der Waals surface area contributed by atoms with Crippen LogP contribution in [0, 0.1) is 5.92 Å². The molecule has 4 nitrogen and oxygen atoms in total. The molecule has 1 rings (SSSR count). The van der Waals surface area contributed by atoms with Gasteiger partial charge in [-0.15, -0.1) is 0 Å².